The van der Waals surface area contributed by atoms with Crippen LogP contribution in [0.5, 0.6) is 0 Å². The molecule has 6 heteroatoms. The highest BCUT2D eigenvalue weighted by molar-refractivity contribution is 8.00. The summed E-state index contributed by atoms with van der Waals surface area (Å²) in [5.74, 6) is -0.0595. The molecule has 1 unspecified atom stereocenters. The Hall–Kier alpha value is -1.79. The highest BCUT2D eigenvalue weighted by Crippen LogP contribution is 2.40. The molecule has 0 spiro atoms. The lowest BCUT2D eigenvalue weighted by Crippen LogP contribution is -2.22. The van der Waals surface area contributed by atoms with E-state index in [-0.39, 0.29) is 16.7 Å². The molecule has 2 heterocycles. The van der Waals surface area contributed by atoms with Gasteiger partial charge in [0.2, 0.25) is 5.91 Å². The molecule has 4 nitrogen and oxygen atoms in total. The lowest BCUT2D eigenvalue weighted by molar-refractivity contribution is -0.115. The van der Waals surface area contributed by atoms with Crippen molar-refractivity contribution in [3.8, 4) is 0 Å². The van der Waals surface area contributed by atoms with Crippen LogP contribution < -0.4 is 5.32 Å². The molecule has 0 bridgehead atoms. The van der Waals surface area contributed by atoms with Crippen molar-refractivity contribution in [2.24, 2.45) is 0 Å². The summed E-state index contributed by atoms with van der Waals surface area (Å²) in [6, 6.07) is 6.88. The Balaban J connectivity index is 1.78. The SMILES string of the molecule is Cc1cc(NC(=O)C2SCCc3sccc32)ccc1C(=O)O. The van der Waals surface area contributed by atoms with E-state index in [0.29, 0.717) is 11.3 Å². The van der Waals surface area contributed by atoms with Crippen molar-refractivity contribution < 1.29 is 14.7 Å². The number of thioether (sulfide) groups is 1. The molecule has 1 amide bonds. The molecule has 114 valence electrons. The lowest BCUT2D eigenvalue weighted by atomic mass is 10.1. The summed E-state index contributed by atoms with van der Waals surface area (Å²) < 4.78 is 0. The van der Waals surface area contributed by atoms with Gasteiger partial charge in [0.1, 0.15) is 5.25 Å². The fourth-order valence-corrected chi connectivity index (χ4v) is 4.85. The van der Waals surface area contributed by atoms with Crippen LogP contribution in [0.2, 0.25) is 0 Å². The first-order chi connectivity index (χ1) is 10.6. The molecule has 1 aliphatic heterocycles. The van der Waals surface area contributed by atoms with Crippen LogP contribution in [0.25, 0.3) is 0 Å². The van der Waals surface area contributed by atoms with E-state index in [1.807, 2.05) is 11.4 Å². The Morgan fingerprint density at radius 3 is 2.86 bits per heavy atom. The van der Waals surface area contributed by atoms with Crippen molar-refractivity contribution in [2.45, 2.75) is 18.6 Å². The third-order valence-corrected chi connectivity index (χ3v) is 5.88. The number of amides is 1. The first-order valence-corrected chi connectivity index (χ1v) is 8.82. The lowest BCUT2D eigenvalue weighted by Gasteiger charge is -2.21. The largest absolute Gasteiger partial charge is 0.478 e. The van der Waals surface area contributed by atoms with Gasteiger partial charge in [-0.25, -0.2) is 4.79 Å². The first-order valence-electron chi connectivity index (χ1n) is 6.89. The monoisotopic (exact) mass is 333 g/mol. The number of carbonyl (C=O) groups is 2. The summed E-state index contributed by atoms with van der Waals surface area (Å²) in [4.78, 5) is 24.8. The number of carboxylic acid groups (broad SMARTS) is 1. The van der Waals surface area contributed by atoms with Crippen molar-refractivity contribution in [2.75, 3.05) is 11.1 Å². The minimum absolute atomic E-state index is 0.0492. The smallest absolute Gasteiger partial charge is 0.335 e. The fraction of sp³-hybridized carbons (Fsp3) is 0.250. The van der Waals surface area contributed by atoms with Crippen molar-refractivity contribution in [3.63, 3.8) is 0 Å². The molecular formula is C16H15NO3S2. The second-order valence-corrected chi connectivity index (χ2v) is 7.34. The molecule has 2 aromatic rings. The van der Waals surface area contributed by atoms with Crippen LogP contribution in [0.4, 0.5) is 5.69 Å². The number of hydrogen-bond donors (Lipinski definition) is 2. The van der Waals surface area contributed by atoms with Gasteiger partial charge in [0.15, 0.2) is 0 Å². The maximum absolute atomic E-state index is 12.5. The van der Waals surface area contributed by atoms with Crippen molar-refractivity contribution in [1.29, 1.82) is 0 Å². The molecule has 1 aromatic carbocycles. The van der Waals surface area contributed by atoms with Gasteiger partial charge in [-0.15, -0.1) is 23.1 Å². The molecular weight excluding hydrogens is 318 g/mol. The van der Waals surface area contributed by atoms with Gasteiger partial charge >= 0.3 is 5.97 Å². The van der Waals surface area contributed by atoms with Gasteiger partial charge in [0, 0.05) is 10.6 Å². The molecule has 22 heavy (non-hydrogen) atoms. The molecule has 1 atom stereocenters. The van der Waals surface area contributed by atoms with E-state index in [1.54, 1.807) is 42.2 Å². The molecule has 2 N–H and O–H groups in total. The van der Waals surface area contributed by atoms with E-state index in [9.17, 15) is 9.59 Å². The maximum atomic E-state index is 12.5. The Labute approximate surface area is 136 Å². The zero-order chi connectivity index (χ0) is 15.7. The number of aromatic carboxylic acids is 1. The number of benzene rings is 1. The average molecular weight is 333 g/mol. The zero-order valence-corrected chi connectivity index (χ0v) is 13.6. The quantitative estimate of drug-likeness (QED) is 0.898. The molecule has 3 rings (SSSR count). The number of fused-ring (bicyclic) bond motifs is 1. The summed E-state index contributed by atoms with van der Waals surface area (Å²) in [6.45, 7) is 1.73. The number of rotatable bonds is 3. The van der Waals surface area contributed by atoms with Crippen LogP contribution in [0, 0.1) is 6.92 Å². The Kier molecular flexibility index (Phi) is 4.22. The molecule has 0 saturated carbocycles. The van der Waals surface area contributed by atoms with Crippen LogP contribution in [0.1, 0.15) is 31.6 Å². The number of nitrogens with one attached hydrogen (secondary N) is 1. The van der Waals surface area contributed by atoms with E-state index < -0.39 is 5.97 Å². The van der Waals surface area contributed by atoms with Crippen molar-refractivity contribution in [1.82, 2.24) is 0 Å². The van der Waals surface area contributed by atoms with E-state index in [4.69, 9.17) is 5.11 Å². The third-order valence-electron chi connectivity index (χ3n) is 3.64. The zero-order valence-electron chi connectivity index (χ0n) is 12.0. The second kappa shape index (κ2) is 6.14. The van der Waals surface area contributed by atoms with Gasteiger partial charge in [-0.2, -0.15) is 0 Å². The van der Waals surface area contributed by atoms with Gasteiger partial charge in [-0.3, -0.25) is 4.79 Å². The number of thiophene rings is 1. The van der Waals surface area contributed by atoms with Crippen molar-refractivity contribution >= 4 is 40.7 Å². The standard InChI is InChI=1S/C16H15NO3S2/c1-9-8-10(2-3-11(9)16(19)20)17-15(18)14-12-4-6-21-13(12)5-7-22-14/h2-4,6,8,14H,5,7H2,1H3,(H,17,18)(H,19,20). The summed E-state index contributed by atoms with van der Waals surface area (Å²) in [5, 5.41) is 13.8. The van der Waals surface area contributed by atoms with E-state index in [0.717, 1.165) is 17.7 Å². The minimum atomic E-state index is -0.957. The topological polar surface area (TPSA) is 66.4 Å². The van der Waals surface area contributed by atoms with Gasteiger partial charge in [0.25, 0.3) is 0 Å². The van der Waals surface area contributed by atoms with Crippen molar-refractivity contribution in [3.05, 3.63) is 51.2 Å². The number of anilines is 1. The average Bonchev–Trinajstić information content (AvgIpc) is 2.95. The highest BCUT2D eigenvalue weighted by Gasteiger charge is 2.28. The van der Waals surface area contributed by atoms with Crippen LogP contribution in [-0.2, 0) is 11.2 Å². The van der Waals surface area contributed by atoms with Crippen LogP contribution >= 0.6 is 23.1 Å². The molecule has 0 fully saturated rings. The number of aryl methyl sites for hydroxylation is 2. The fourth-order valence-electron chi connectivity index (χ4n) is 2.55. The highest BCUT2D eigenvalue weighted by atomic mass is 32.2. The van der Waals surface area contributed by atoms with E-state index in [1.165, 1.54) is 10.9 Å². The summed E-state index contributed by atoms with van der Waals surface area (Å²) in [6.07, 6.45) is 1.02. The second-order valence-electron chi connectivity index (χ2n) is 5.12. The number of carbonyl (C=O) groups excluding carboxylic acids is 1. The van der Waals surface area contributed by atoms with E-state index in [2.05, 4.69) is 5.32 Å². The molecule has 0 saturated heterocycles. The van der Waals surface area contributed by atoms with Gasteiger partial charge < -0.3 is 10.4 Å². The Morgan fingerprint density at radius 1 is 1.32 bits per heavy atom. The molecule has 0 aliphatic carbocycles. The Bertz CT molecular complexity index is 739. The van der Waals surface area contributed by atoms with Crippen LogP contribution in [0.15, 0.2) is 29.6 Å². The first kappa shape index (κ1) is 15.1. The maximum Gasteiger partial charge on any atom is 0.335 e. The van der Waals surface area contributed by atoms with Gasteiger partial charge in [0.05, 0.1) is 5.56 Å². The molecule has 0 radical (unpaired) electrons. The van der Waals surface area contributed by atoms with Gasteiger partial charge in [-0.1, -0.05) is 0 Å². The van der Waals surface area contributed by atoms with E-state index >= 15 is 0 Å². The third kappa shape index (κ3) is 2.89. The summed E-state index contributed by atoms with van der Waals surface area (Å²) >= 11 is 3.35. The number of carboxylic acids is 1. The minimum Gasteiger partial charge on any atom is -0.478 e. The predicted octanol–water partition coefficient (Wildman–Crippen LogP) is 3.72. The summed E-state index contributed by atoms with van der Waals surface area (Å²) in [7, 11) is 0. The predicted molar refractivity (Wildman–Crippen MR) is 90.0 cm³/mol. The van der Waals surface area contributed by atoms with Crippen LogP contribution in [-0.4, -0.2) is 22.7 Å². The van der Waals surface area contributed by atoms with Gasteiger partial charge in [-0.05, 0) is 59.9 Å². The normalized spacial score (nSPS) is 16.9. The molecule has 1 aliphatic rings. The summed E-state index contributed by atoms with van der Waals surface area (Å²) in [5.41, 5.74) is 2.64. The van der Waals surface area contributed by atoms with Crippen LogP contribution in [0.3, 0.4) is 0 Å². The Morgan fingerprint density at radius 2 is 2.14 bits per heavy atom. The molecule has 1 aromatic heterocycles. The number of hydrogen-bond acceptors (Lipinski definition) is 4.